The maximum absolute atomic E-state index is 11.8. The second-order valence-corrected chi connectivity index (χ2v) is 6.80. The van der Waals surface area contributed by atoms with Crippen LogP contribution in [0.4, 0.5) is 22.2 Å². The molecule has 1 heterocycles. The van der Waals surface area contributed by atoms with Gasteiger partial charge in [0.25, 0.3) is 5.91 Å². The van der Waals surface area contributed by atoms with Crippen LogP contribution in [0.2, 0.25) is 0 Å². The molecule has 28 heavy (non-hydrogen) atoms. The molecule has 1 unspecified atom stereocenters. The third kappa shape index (κ3) is 4.48. The number of nitrogens with zero attached hydrogens (tertiary/aromatic N) is 3. The molecule has 1 aliphatic rings. The molecular weight excluding hydrogens is 360 g/mol. The minimum atomic E-state index is -0.978. The zero-order valence-electron chi connectivity index (χ0n) is 15.8. The van der Waals surface area contributed by atoms with Gasteiger partial charge in [0.05, 0.1) is 0 Å². The summed E-state index contributed by atoms with van der Waals surface area (Å²) < 4.78 is 0. The van der Waals surface area contributed by atoms with E-state index in [9.17, 15) is 14.7 Å². The molecule has 0 bridgehead atoms. The molecule has 0 aliphatic heterocycles. The van der Waals surface area contributed by atoms with Crippen molar-refractivity contribution in [2.45, 2.75) is 45.3 Å². The minimum absolute atomic E-state index is 0.0183. The number of aryl methyl sites for hydroxylation is 1. The molecule has 1 saturated carbocycles. The zero-order chi connectivity index (χ0) is 20.3. The molecule has 9 heteroatoms. The molecule has 1 atom stereocenters. The Hall–Kier alpha value is -3.36. The zero-order valence-corrected chi connectivity index (χ0v) is 15.8. The number of rotatable bonds is 8. The molecule has 9 nitrogen and oxygen atoms in total. The van der Waals surface area contributed by atoms with Crippen molar-refractivity contribution in [2.24, 2.45) is 5.73 Å². The number of hydrogen-bond acceptors (Lipinski definition) is 6. The molecule has 2 amide bonds. The van der Waals surface area contributed by atoms with E-state index in [-0.39, 0.29) is 23.4 Å². The van der Waals surface area contributed by atoms with Crippen LogP contribution in [-0.2, 0) is 0 Å². The normalized spacial score (nSPS) is 14.2. The van der Waals surface area contributed by atoms with Gasteiger partial charge in [-0.2, -0.15) is 4.98 Å². The lowest BCUT2D eigenvalue weighted by molar-refractivity contribution is 0.100. The number of nitrogens with one attached hydrogen (secondary N) is 2. The number of carboxylic acid groups (broad SMARTS) is 1. The standard InChI is InChI=1S/C19H24N6O3/c1-3-15(25(19(27)28)13-7-8-13)23-18-21-10-14(16(20)26)17(24-18)22-12-6-4-5-11(2)9-12/h4-6,9-10,13,15H,3,7-8H2,1-2H3,(H2,20,26)(H,27,28)(H2,21,22,23,24). The number of benzene rings is 1. The third-order valence-electron chi connectivity index (χ3n) is 4.51. The Morgan fingerprint density at radius 1 is 1.39 bits per heavy atom. The molecule has 3 rings (SSSR count). The van der Waals surface area contributed by atoms with Crippen LogP contribution in [0, 0.1) is 6.92 Å². The SMILES string of the molecule is CCC(Nc1ncc(C(N)=O)c(Nc2cccc(C)c2)n1)N(C(=O)O)C1CC1. The van der Waals surface area contributed by atoms with E-state index in [1.807, 2.05) is 38.1 Å². The summed E-state index contributed by atoms with van der Waals surface area (Å²) in [4.78, 5) is 33.3. The van der Waals surface area contributed by atoms with Gasteiger partial charge in [-0.3, -0.25) is 9.69 Å². The van der Waals surface area contributed by atoms with Gasteiger partial charge in [0.2, 0.25) is 5.95 Å². The van der Waals surface area contributed by atoms with Gasteiger partial charge in [-0.1, -0.05) is 19.1 Å². The Balaban J connectivity index is 1.87. The Morgan fingerprint density at radius 2 is 2.14 bits per heavy atom. The first-order valence-electron chi connectivity index (χ1n) is 9.17. The molecule has 0 saturated heterocycles. The van der Waals surface area contributed by atoms with Gasteiger partial charge in [-0.15, -0.1) is 0 Å². The maximum Gasteiger partial charge on any atom is 0.409 e. The quantitative estimate of drug-likeness (QED) is 0.514. The number of primary amides is 1. The summed E-state index contributed by atoms with van der Waals surface area (Å²) >= 11 is 0. The second kappa shape index (κ2) is 8.12. The van der Waals surface area contributed by atoms with E-state index in [0.29, 0.717) is 6.42 Å². The fraction of sp³-hybridized carbons (Fsp3) is 0.368. The molecule has 2 aromatic rings. The highest BCUT2D eigenvalue weighted by molar-refractivity contribution is 5.98. The van der Waals surface area contributed by atoms with Crippen LogP contribution in [0.3, 0.4) is 0 Å². The number of amides is 2. The lowest BCUT2D eigenvalue weighted by Gasteiger charge is -2.29. The second-order valence-electron chi connectivity index (χ2n) is 6.80. The fourth-order valence-corrected chi connectivity index (χ4v) is 3.00. The Bertz CT molecular complexity index is 884. The highest BCUT2D eigenvalue weighted by Crippen LogP contribution is 2.30. The van der Waals surface area contributed by atoms with Crippen LogP contribution in [0.25, 0.3) is 0 Å². The number of carbonyl (C=O) groups is 2. The van der Waals surface area contributed by atoms with Gasteiger partial charge in [0, 0.05) is 17.9 Å². The van der Waals surface area contributed by atoms with Crippen molar-refractivity contribution in [2.75, 3.05) is 10.6 Å². The van der Waals surface area contributed by atoms with E-state index < -0.39 is 18.2 Å². The van der Waals surface area contributed by atoms with Crippen molar-refractivity contribution >= 4 is 29.5 Å². The average molecular weight is 384 g/mol. The largest absolute Gasteiger partial charge is 0.465 e. The summed E-state index contributed by atoms with van der Waals surface area (Å²) in [6.45, 7) is 3.84. The lowest BCUT2D eigenvalue weighted by atomic mass is 10.2. The highest BCUT2D eigenvalue weighted by atomic mass is 16.4. The fourth-order valence-electron chi connectivity index (χ4n) is 3.00. The van der Waals surface area contributed by atoms with Crippen LogP contribution in [0.5, 0.6) is 0 Å². The van der Waals surface area contributed by atoms with Crippen molar-refractivity contribution in [3.05, 3.63) is 41.6 Å². The van der Waals surface area contributed by atoms with Crippen LogP contribution in [-0.4, -0.2) is 44.2 Å². The van der Waals surface area contributed by atoms with Crippen LogP contribution >= 0.6 is 0 Å². The number of carbonyl (C=O) groups excluding carboxylic acids is 1. The average Bonchev–Trinajstić information content (AvgIpc) is 3.45. The summed E-state index contributed by atoms with van der Waals surface area (Å²) in [5.41, 5.74) is 7.40. The van der Waals surface area contributed by atoms with Crippen molar-refractivity contribution in [3.8, 4) is 0 Å². The molecular formula is C19H24N6O3. The number of nitrogens with two attached hydrogens (primary N) is 1. The number of anilines is 3. The molecule has 5 N–H and O–H groups in total. The predicted molar refractivity (Wildman–Crippen MR) is 106 cm³/mol. The van der Waals surface area contributed by atoms with Gasteiger partial charge in [0.1, 0.15) is 17.5 Å². The van der Waals surface area contributed by atoms with Gasteiger partial charge in [-0.05, 0) is 43.9 Å². The first kappa shape index (κ1) is 19.4. The molecule has 1 aliphatic carbocycles. The third-order valence-corrected chi connectivity index (χ3v) is 4.51. The predicted octanol–water partition coefficient (Wildman–Crippen LogP) is 2.92. The minimum Gasteiger partial charge on any atom is -0.465 e. The molecule has 148 valence electrons. The number of aromatic nitrogens is 2. The van der Waals surface area contributed by atoms with Gasteiger partial charge in [-0.25, -0.2) is 9.78 Å². The highest BCUT2D eigenvalue weighted by Gasteiger charge is 2.37. The van der Waals surface area contributed by atoms with E-state index in [1.54, 1.807) is 0 Å². The molecule has 1 fully saturated rings. The molecule has 0 spiro atoms. The van der Waals surface area contributed by atoms with E-state index in [2.05, 4.69) is 20.6 Å². The first-order chi connectivity index (χ1) is 13.4. The molecule has 1 aromatic carbocycles. The summed E-state index contributed by atoms with van der Waals surface area (Å²) in [5.74, 6) is -0.170. The Kier molecular flexibility index (Phi) is 5.62. The van der Waals surface area contributed by atoms with E-state index >= 15 is 0 Å². The van der Waals surface area contributed by atoms with Crippen molar-refractivity contribution in [1.29, 1.82) is 0 Å². The van der Waals surface area contributed by atoms with Gasteiger partial charge in [0.15, 0.2) is 0 Å². The monoisotopic (exact) mass is 384 g/mol. The van der Waals surface area contributed by atoms with Crippen molar-refractivity contribution in [1.82, 2.24) is 14.9 Å². The summed E-state index contributed by atoms with van der Waals surface area (Å²) in [5, 5.41) is 15.7. The van der Waals surface area contributed by atoms with E-state index in [4.69, 9.17) is 5.73 Å². The summed E-state index contributed by atoms with van der Waals surface area (Å²) in [6.07, 6.45) is 2.15. The summed E-state index contributed by atoms with van der Waals surface area (Å²) in [6, 6.07) is 7.62. The van der Waals surface area contributed by atoms with Crippen LogP contribution < -0.4 is 16.4 Å². The van der Waals surface area contributed by atoms with Gasteiger partial charge >= 0.3 is 6.09 Å². The van der Waals surface area contributed by atoms with E-state index in [0.717, 1.165) is 24.1 Å². The molecule has 0 radical (unpaired) electrons. The van der Waals surface area contributed by atoms with Gasteiger partial charge < -0.3 is 21.5 Å². The number of hydrogen-bond donors (Lipinski definition) is 4. The lowest BCUT2D eigenvalue weighted by Crippen LogP contribution is -2.45. The Labute approximate surface area is 163 Å². The maximum atomic E-state index is 11.8. The van der Waals surface area contributed by atoms with E-state index in [1.165, 1.54) is 11.1 Å². The summed E-state index contributed by atoms with van der Waals surface area (Å²) in [7, 11) is 0. The smallest absolute Gasteiger partial charge is 0.409 e. The Morgan fingerprint density at radius 3 is 2.71 bits per heavy atom. The van der Waals surface area contributed by atoms with Crippen molar-refractivity contribution in [3.63, 3.8) is 0 Å². The first-order valence-corrected chi connectivity index (χ1v) is 9.17. The van der Waals surface area contributed by atoms with Crippen LogP contribution in [0.1, 0.15) is 42.1 Å². The topological polar surface area (TPSA) is 133 Å². The molecule has 1 aromatic heterocycles. The van der Waals surface area contributed by atoms with Crippen molar-refractivity contribution < 1.29 is 14.7 Å². The van der Waals surface area contributed by atoms with Crippen LogP contribution in [0.15, 0.2) is 30.5 Å².